The average Bonchev–Trinajstić information content (AvgIpc) is 2.49. The van der Waals surface area contributed by atoms with E-state index in [2.05, 4.69) is 13.8 Å². The molecule has 0 bridgehead atoms. The SMILES string of the molecule is CCOC(=O)C[C@H](CC#N)OC(=O)Cc1ccc(CC(C)C)cc1. The summed E-state index contributed by atoms with van der Waals surface area (Å²) >= 11 is 0. The Morgan fingerprint density at radius 3 is 2.29 bits per heavy atom. The number of hydrogen-bond acceptors (Lipinski definition) is 5. The van der Waals surface area contributed by atoms with Gasteiger partial charge in [0.05, 0.1) is 31.9 Å². The van der Waals surface area contributed by atoms with Crippen molar-refractivity contribution in [3.05, 3.63) is 35.4 Å². The van der Waals surface area contributed by atoms with Crippen LogP contribution in [0.2, 0.25) is 0 Å². The second-order valence-electron chi connectivity index (χ2n) is 6.07. The van der Waals surface area contributed by atoms with Gasteiger partial charge in [-0.25, -0.2) is 0 Å². The van der Waals surface area contributed by atoms with E-state index in [1.165, 1.54) is 5.56 Å². The maximum absolute atomic E-state index is 12.0. The Morgan fingerprint density at radius 2 is 1.75 bits per heavy atom. The van der Waals surface area contributed by atoms with E-state index in [9.17, 15) is 9.59 Å². The predicted molar refractivity (Wildman–Crippen MR) is 90.0 cm³/mol. The number of carbonyl (C=O) groups excluding carboxylic acids is 2. The van der Waals surface area contributed by atoms with Crippen molar-refractivity contribution in [1.82, 2.24) is 0 Å². The first-order chi connectivity index (χ1) is 11.4. The summed E-state index contributed by atoms with van der Waals surface area (Å²) in [6.45, 7) is 6.27. The van der Waals surface area contributed by atoms with E-state index in [0.29, 0.717) is 5.92 Å². The van der Waals surface area contributed by atoms with E-state index in [1.807, 2.05) is 30.3 Å². The van der Waals surface area contributed by atoms with Gasteiger partial charge in [-0.2, -0.15) is 5.26 Å². The van der Waals surface area contributed by atoms with Crippen LogP contribution >= 0.6 is 0 Å². The molecule has 1 rings (SSSR count). The highest BCUT2D eigenvalue weighted by Crippen LogP contribution is 2.12. The molecule has 130 valence electrons. The van der Waals surface area contributed by atoms with Crippen LogP contribution < -0.4 is 0 Å². The molecule has 1 aromatic carbocycles. The molecule has 0 fully saturated rings. The lowest BCUT2D eigenvalue weighted by Crippen LogP contribution is -2.23. The molecule has 0 aliphatic heterocycles. The first-order valence-corrected chi connectivity index (χ1v) is 8.24. The zero-order valence-electron chi connectivity index (χ0n) is 14.6. The molecule has 1 atom stereocenters. The summed E-state index contributed by atoms with van der Waals surface area (Å²) in [5, 5.41) is 8.79. The summed E-state index contributed by atoms with van der Waals surface area (Å²) in [5.41, 5.74) is 2.08. The molecule has 0 aromatic heterocycles. The van der Waals surface area contributed by atoms with Crippen LogP contribution in [0.4, 0.5) is 0 Å². The van der Waals surface area contributed by atoms with Crippen LogP contribution in [0.25, 0.3) is 0 Å². The molecule has 0 N–H and O–H groups in total. The standard InChI is InChI=1S/C19H25NO4/c1-4-23-18(21)13-17(9-10-20)24-19(22)12-16-7-5-15(6-8-16)11-14(2)3/h5-8,14,17H,4,9,11-13H2,1-3H3/t17-/m0/s1. The molecule has 0 heterocycles. The van der Waals surface area contributed by atoms with Gasteiger partial charge in [0.2, 0.25) is 0 Å². The van der Waals surface area contributed by atoms with Crippen molar-refractivity contribution in [1.29, 1.82) is 5.26 Å². The van der Waals surface area contributed by atoms with Crippen molar-refractivity contribution >= 4 is 11.9 Å². The maximum atomic E-state index is 12.0. The summed E-state index contributed by atoms with van der Waals surface area (Å²) in [6.07, 6.45) is 0.223. The van der Waals surface area contributed by atoms with Crippen molar-refractivity contribution in [3.63, 3.8) is 0 Å². The van der Waals surface area contributed by atoms with Crippen molar-refractivity contribution in [2.24, 2.45) is 5.92 Å². The molecule has 0 aliphatic carbocycles. The molecule has 0 amide bonds. The van der Waals surface area contributed by atoms with Crippen molar-refractivity contribution < 1.29 is 19.1 Å². The number of hydrogen-bond donors (Lipinski definition) is 0. The van der Waals surface area contributed by atoms with Crippen molar-refractivity contribution in [3.8, 4) is 6.07 Å². The number of carbonyl (C=O) groups is 2. The number of esters is 2. The predicted octanol–water partition coefficient (Wildman–Crippen LogP) is 3.21. The Morgan fingerprint density at radius 1 is 1.12 bits per heavy atom. The number of nitriles is 1. The highest BCUT2D eigenvalue weighted by Gasteiger charge is 2.19. The first kappa shape index (κ1) is 19.7. The van der Waals surface area contributed by atoms with E-state index in [1.54, 1.807) is 6.92 Å². The minimum Gasteiger partial charge on any atom is -0.466 e. The van der Waals surface area contributed by atoms with Crippen LogP contribution in [0.1, 0.15) is 44.7 Å². The fourth-order valence-electron chi connectivity index (χ4n) is 2.32. The molecule has 0 saturated heterocycles. The zero-order chi connectivity index (χ0) is 17.9. The third-order valence-electron chi connectivity index (χ3n) is 3.33. The van der Waals surface area contributed by atoms with Crippen molar-refractivity contribution in [2.45, 2.75) is 52.6 Å². The molecule has 0 radical (unpaired) electrons. The van der Waals surface area contributed by atoms with E-state index in [4.69, 9.17) is 14.7 Å². The summed E-state index contributed by atoms with van der Waals surface area (Å²) in [7, 11) is 0. The molecule has 0 spiro atoms. The summed E-state index contributed by atoms with van der Waals surface area (Å²) in [6, 6.07) is 9.75. The van der Waals surface area contributed by atoms with Gasteiger partial charge in [-0.05, 0) is 30.4 Å². The van der Waals surface area contributed by atoms with Gasteiger partial charge in [0.1, 0.15) is 6.10 Å². The Bertz CT molecular complexity index is 572. The molecule has 0 saturated carbocycles. The minimum absolute atomic E-state index is 0.0299. The largest absolute Gasteiger partial charge is 0.466 e. The van der Waals surface area contributed by atoms with E-state index in [0.717, 1.165) is 12.0 Å². The fourth-order valence-corrected chi connectivity index (χ4v) is 2.32. The minimum atomic E-state index is -0.762. The molecular formula is C19H25NO4. The van der Waals surface area contributed by atoms with E-state index < -0.39 is 18.0 Å². The zero-order valence-corrected chi connectivity index (χ0v) is 14.6. The van der Waals surface area contributed by atoms with Crippen molar-refractivity contribution in [2.75, 3.05) is 6.61 Å². The molecule has 1 aromatic rings. The van der Waals surface area contributed by atoms with Crippen LogP contribution in [-0.2, 0) is 31.9 Å². The van der Waals surface area contributed by atoms with Gasteiger partial charge in [0.15, 0.2) is 0 Å². The van der Waals surface area contributed by atoms with Gasteiger partial charge in [0.25, 0.3) is 0 Å². The highest BCUT2D eigenvalue weighted by atomic mass is 16.6. The van der Waals surface area contributed by atoms with Gasteiger partial charge in [-0.3, -0.25) is 9.59 Å². The monoisotopic (exact) mass is 331 g/mol. The third-order valence-corrected chi connectivity index (χ3v) is 3.33. The van der Waals surface area contributed by atoms with Gasteiger partial charge in [0, 0.05) is 0 Å². The average molecular weight is 331 g/mol. The Hall–Kier alpha value is -2.35. The number of nitrogens with zero attached hydrogens (tertiary/aromatic N) is 1. The van der Waals surface area contributed by atoms with Crippen LogP contribution in [0.15, 0.2) is 24.3 Å². The second-order valence-corrected chi connectivity index (χ2v) is 6.07. The lowest BCUT2D eigenvalue weighted by atomic mass is 10.0. The lowest BCUT2D eigenvalue weighted by molar-refractivity contribution is -0.154. The fraction of sp³-hybridized carbons (Fsp3) is 0.526. The lowest BCUT2D eigenvalue weighted by Gasteiger charge is -2.14. The Labute approximate surface area is 143 Å². The van der Waals surface area contributed by atoms with E-state index >= 15 is 0 Å². The van der Waals surface area contributed by atoms with Gasteiger partial charge >= 0.3 is 11.9 Å². The maximum Gasteiger partial charge on any atom is 0.310 e. The number of rotatable bonds is 9. The summed E-state index contributed by atoms with van der Waals surface area (Å²) < 4.78 is 10.1. The summed E-state index contributed by atoms with van der Waals surface area (Å²) in [4.78, 5) is 23.5. The molecule has 5 heteroatoms. The molecule has 0 aliphatic rings. The topological polar surface area (TPSA) is 76.4 Å². The van der Waals surface area contributed by atoms with Crippen LogP contribution in [0, 0.1) is 17.2 Å². The van der Waals surface area contributed by atoms with E-state index in [-0.39, 0.29) is 25.9 Å². The third kappa shape index (κ3) is 7.77. The molecule has 24 heavy (non-hydrogen) atoms. The van der Waals surface area contributed by atoms with Gasteiger partial charge in [-0.15, -0.1) is 0 Å². The second kappa shape index (κ2) is 10.4. The summed E-state index contributed by atoms with van der Waals surface area (Å²) in [5.74, 6) is -0.338. The molecular weight excluding hydrogens is 306 g/mol. The van der Waals surface area contributed by atoms with Gasteiger partial charge in [-0.1, -0.05) is 38.1 Å². The van der Waals surface area contributed by atoms with Crippen LogP contribution in [-0.4, -0.2) is 24.6 Å². The normalized spacial score (nSPS) is 11.6. The van der Waals surface area contributed by atoms with Crippen LogP contribution in [0.3, 0.4) is 0 Å². The quantitative estimate of drug-likeness (QED) is 0.649. The number of ether oxygens (including phenoxy) is 2. The Balaban J connectivity index is 2.55. The van der Waals surface area contributed by atoms with Crippen LogP contribution in [0.5, 0.6) is 0 Å². The Kier molecular flexibility index (Phi) is 8.56. The smallest absolute Gasteiger partial charge is 0.310 e. The molecule has 0 unspecified atom stereocenters. The number of benzene rings is 1. The molecule has 5 nitrogen and oxygen atoms in total. The highest BCUT2D eigenvalue weighted by molar-refractivity contribution is 5.74. The first-order valence-electron chi connectivity index (χ1n) is 8.24. The van der Waals surface area contributed by atoms with Gasteiger partial charge < -0.3 is 9.47 Å².